The predicted molar refractivity (Wildman–Crippen MR) is 98.7 cm³/mol. The first-order valence-corrected chi connectivity index (χ1v) is 8.68. The number of hydrazone groups is 1. The van der Waals surface area contributed by atoms with Crippen molar-refractivity contribution in [1.29, 1.82) is 0 Å². The first-order chi connectivity index (χ1) is 13.7. The molecule has 29 heavy (non-hydrogen) atoms. The summed E-state index contributed by atoms with van der Waals surface area (Å²) >= 11 is 0. The normalized spacial score (nSPS) is 19.1. The van der Waals surface area contributed by atoms with Crippen molar-refractivity contribution in [1.82, 2.24) is 5.01 Å². The first-order valence-electron chi connectivity index (χ1n) is 8.68. The number of halogens is 3. The number of amides is 1. The molecule has 0 aliphatic carbocycles. The van der Waals surface area contributed by atoms with Crippen LogP contribution in [0.3, 0.4) is 0 Å². The smallest absolute Gasteiger partial charge is 0.438 e. The van der Waals surface area contributed by atoms with Crippen LogP contribution in [-0.2, 0) is 6.61 Å². The Morgan fingerprint density at radius 2 is 1.79 bits per heavy atom. The molecule has 0 fully saturated rings. The number of rotatable bonds is 5. The average molecular weight is 408 g/mol. The van der Waals surface area contributed by atoms with Gasteiger partial charge in [-0.2, -0.15) is 23.3 Å². The van der Waals surface area contributed by atoms with Gasteiger partial charge in [0.15, 0.2) is 11.5 Å². The number of benzene rings is 2. The van der Waals surface area contributed by atoms with Crippen LogP contribution in [0.2, 0.25) is 0 Å². The summed E-state index contributed by atoms with van der Waals surface area (Å²) in [7, 11) is 1.52. The van der Waals surface area contributed by atoms with E-state index in [9.17, 15) is 23.1 Å². The molecule has 0 radical (unpaired) electrons. The van der Waals surface area contributed by atoms with E-state index in [2.05, 4.69) is 5.10 Å². The summed E-state index contributed by atoms with van der Waals surface area (Å²) in [5.74, 6) is 0.0548. The Morgan fingerprint density at radius 3 is 2.38 bits per heavy atom. The summed E-state index contributed by atoms with van der Waals surface area (Å²) in [6, 6.07) is 12.9. The predicted octanol–water partition coefficient (Wildman–Crippen LogP) is 3.75. The number of methoxy groups -OCH3 is 1. The Bertz CT molecular complexity index is 928. The maximum Gasteiger partial charge on any atom is 0.438 e. The average Bonchev–Trinajstić information content (AvgIpc) is 3.02. The lowest BCUT2D eigenvalue weighted by molar-refractivity contribution is -0.297. The zero-order chi connectivity index (χ0) is 21.2. The quantitative estimate of drug-likeness (QED) is 0.818. The lowest BCUT2D eigenvalue weighted by Gasteiger charge is -2.32. The Labute approximate surface area is 165 Å². The fourth-order valence-electron chi connectivity index (χ4n) is 2.92. The van der Waals surface area contributed by atoms with Crippen molar-refractivity contribution >= 4 is 11.6 Å². The molecule has 1 heterocycles. The third-order valence-corrected chi connectivity index (χ3v) is 4.43. The molecule has 1 aliphatic heterocycles. The van der Waals surface area contributed by atoms with Gasteiger partial charge in [-0.25, -0.2) is 0 Å². The molecule has 9 heteroatoms. The van der Waals surface area contributed by atoms with Gasteiger partial charge in [-0.1, -0.05) is 24.3 Å². The van der Waals surface area contributed by atoms with Crippen molar-refractivity contribution in [3.8, 4) is 11.5 Å². The molecule has 0 bridgehead atoms. The summed E-state index contributed by atoms with van der Waals surface area (Å²) < 4.78 is 50.7. The van der Waals surface area contributed by atoms with Crippen LogP contribution < -0.4 is 9.47 Å². The van der Waals surface area contributed by atoms with Crippen LogP contribution in [0, 0.1) is 0 Å². The molecule has 2 aromatic carbocycles. The second-order valence-corrected chi connectivity index (χ2v) is 6.58. The Balaban J connectivity index is 1.73. The second-order valence-electron chi connectivity index (χ2n) is 6.58. The monoisotopic (exact) mass is 408 g/mol. The molecule has 0 saturated heterocycles. The maximum absolute atomic E-state index is 13.3. The molecule has 6 nitrogen and oxygen atoms in total. The minimum Gasteiger partial charge on any atom is -0.493 e. The molecule has 1 N–H and O–H groups in total. The van der Waals surface area contributed by atoms with Crippen molar-refractivity contribution < 1.29 is 32.5 Å². The highest BCUT2D eigenvalue weighted by molar-refractivity contribution is 5.97. The highest BCUT2D eigenvalue weighted by atomic mass is 19.4. The van der Waals surface area contributed by atoms with Gasteiger partial charge < -0.3 is 14.6 Å². The number of carbonyl (C=O) groups is 1. The molecule has 0 aromatic heterocycles. The highest BCUT2D eigenvalue weighted by Gasteiger charge is 2.62. The third-order valence-electron chi connectivity index (χ3n) is 4.43. The van der Waals surface area contributed by atoms with Crippen molar-refractivity contribution in [2.75, 3.05) is 7.11 Å². The van der Waals surface area contributed by atoms with E-state index < -0.39 is 24.2 Å². The van der Waals surface area contributed by atoms with Gasteiger partial charge in [0.05, 0.1) is 7.11 Å². The van der Waals surface area contributed by atoms with E-state index in [0.717, 1.165) is 0 Å². The molecule has 2 aromatic rings. The van der Waals surface area contributed by atoms with E-state index in [4.69, 9.17) is 9.47 Å². The number of alkyl halides is 3. The number of aliphatic hydroxyl groups is 1. The van der Waals surface area contributed by atoms with Gasteiger partial charge in [0.2, 0.25) is 0 Å². The van der Waals surface area contributed by atoms with Crippen molar-refractivity contribution in [3.63, 3.8) is 0 Å². The summed E-state index contributed by atoms with van der Waals surface area (Å²) in [6.07, 6.45) is -5.82. The standard InChI is InChI=1S/C20H19F3N2O4/c1-13-11-19(27,20(21,22)23)25(24-13)18(26)15-9-7-14(8-10-15)12-29-17-6-4-3-5-16(17)28-2/h3-10,27H,11-12H2,1-2H3/t19-/m0/s1. The van der Waals surface area contributed by atoms with Crippen molar-refractivity contribution in [2.24, 2.45) is 5.10 Å². The Morgan fingerprint density at radius 1 is 1.17 bits per heavy atom. The maximum atomic E-state index is 13.3. The van der Waals surface area contributed by atoms with Gasteiger partial charge in [0.1, 0.15) is 6.61 Å². The van der Waals surface area contributed by atoms with E-state index in [-0.39, 0.29) is 22.9 Å². The SMILES string of the molecule is COc1ccccc1OCc1ccc(C(=O)N2N=C(C)C[C@]2(O)C(F)(F)F)cc1. The van der Waals surface area contributed by atoms with Gasteiger partial charge in [0, 0.05) is 17.7 Å². The minimum absolute atomic E-state index is 0.0139. The third kappa shape index (κ3) is 4.04. The molecule has 154 valence electrons. The Kier molecular flexibility index (Phi) is 5.52. The van der Waals surface area contributed by atoms with Gasteiger partial charge >= 0.3 is 6.18 Å². The molecule has 0 spiro atoms. The minimum atomic E-state index is -5.04. The summed E-state index contributed by atoms with van der Waals surface area (Å²) in [4.78, 5) is 12.5. The first kappa shape index (κ1) is 20.7. The molecular weight excluding hydrogens is 389 g/mol. The van der Waals surface area contributed by atoms with E-state index in [0.29, 0.717) is 17.1 Å². The number of para-hydroxylation sites is 2. The van der Waals surface area contributed by atoms with Crippen LogP contribution in [-0.4, -0.2) is 40.7 Å². The number of nitrogens with zero attached hydrogens (tertiary/aromatic N) is 2. The number of hydrogen-bond donors (Lipinski definition) is 1. The number of hydrogen-bond acceptors (Lipinski definition) is 5. The van der Waals surface area contributed by atoms with Crippen molar-refractivity contribution in [2.45, 2.75) is 31.9 Å². The fourth-order valence-corrected chi connectivity index (χ4v) is 2.92. The highest BCUT2D eigenvalue weighted by Crippen LogP contribution is 2.40. The molecule has 1 amide bonds. The van der Waals surface area contributed by atoms with E-state index in [1.54, 1.807) is 36.4 Å². The zero-order valence-corrected chi connectivity index (χ0v) is 15.7. The van der Waals surface area contributed by atoms with Gasteiger partial charge in [-0.05, 0) is 36.8 Å². The Hall–Kier alpha value is -3.07. The molecule has 1 atom stereocenters. The van der Waals surface area contributed by atoms with Crippen molar-refractivity contribution in [3.05, 3.63) is 59.7 Å². The van der Waals surface area contributed by atoms with Crippen LogP contribution in [0.5, 0.6) is 11.5 Å². The second kappa shape index (κ2) is 7.75. The van der Waals surface area contributed by atoms with Crippen LogP contribution >= 0.6 is 0 Å². The van der Waals surface area contributed by atoms with Crippen LogP contribution in [0.4, 0.5) is 13.2 Å². The lowest BCUT2D eigenvalue weighted by atomic mass is 10.1. The lowest BCUT2D eigenvalue weighted by Crippen LogP contribution is -2.56. The van der Waals surface area contributed by atoms with Gasteiger partial charge in [-0.15, -0.1) is 0 Å². The summed E-state index contributed by atoms with van der Waals surface area (Å²) in [5, 5.41) is 13.7. The molecule has 0 unspecified atom stereocenters. The molecule has 3 rings (SSSR count). The summed E-state index contributed by atoms with van der Waals surface area (Å²) in [5.41, 5.74) is -2.67. The van der Waals surface area contributed by atoms with Gasteiger partial charge in [-0.3, -0.25) is 4.79 Å². The molecule has 1 aliphatic rings. The fraction of sp³-hybridized carbons (Fsp3) is 0.300. The van der Waals surface area contributed by atoms with Crippen LogP contribution in [0.1, 0.15) is 29.3 Å². The number of carbonyl (C=O) groups excluding carboxylic acids is 1. The summed E-state index contributed by atoms with van der Waals surface area (Å²) in [6.45, 7) is 1.49. The van der Waals surface area contributed by atoms with E-state index in [1.807, 2.05) is 0 Å². The van der Waals surface area contributed by atoms with Crippen LogP contribution in [0.15, 0.2) is 53.6 Å². The topological polar surface area (TPSA) is 71.4 Å². The zero-order valence-electron chi connectivity index (χ0n) is 15.7. The molecule has 0 saturated carbocycles. The number of ether oxygens (including phenoxy) is 2. The van der Waals surface area contributed by atoms with E-state index >= 15 is 0 Å². The molecular formula is C20H19F3N2O4. The van der Waals surface area contributed by atoms with Crippen LogP contribution in [0.25, 0.3) is 0 Å². The largest absolute Gasteiger partial charge is 0.493 e. The van der Waals surface area contributed by atoms with E-state index in [1.165, 1.54) is 26.2 Å². The van der Waals surface area contributed by atoms with Gasteiger partial charge in [0.25, 0.3) is 11.6 Å².